The summed E-state index contributed by atoms with van der Waals surface area (Å²) in [6.45, 7) is 11.5. The van der Waals surface area contributed by atoms with E-state index in [0.717, 1.165) is 50.4 Å². The first-order chi connectivity index (χ1) is 10.6. The third-order valence-electron chi connectivity index (χ3n) is 5.15. The van der Waals surface area contributed by atoms with Crippen LogP contribution >= 0.6 is 0 Å². The van der Waals surface area contributed by atoms with E-state index in [0.29, 0.717) is 12.0 Å². The largest absolute Gasteiger partial charge is 0.377 e. The molecule has 0 spiro atoms. The van der Waals surface area contributed by atoms with Crippen LogP contribution in [0.4, 0.5) is 0 Å². The molecule has 1 aliphatic carbocycles. The van der Waals surface area contributed by atoms with Gasteiger partial charge >= 0.3 is 0 Å². The first-order valence-corrected chi connectivity index (χ1v) is 8.91. The average molecular weight is 306 g/mol. The molecule has 2 atom stereocenters. The van der Waals surface area contributed by atoms with Crippen LogP contribution in [-0.4, -0.2) is 45.5 Å². The lowest BCUT2D eigenvalue weighted by atomic mass is 9.88. The molecule has 2 heterocycles. The summed E-state index contributed by atoms with van der Waals surface area (Å²) in [5.74, 6) is 3.42. The summed E-state index contributed by atoms with van der Waals surface area (Å²) in [5.41, 5.74) is 0. The topological polar surface area (TPSA) is 43.2 Å². The van der Waals surface area contributed by atoms with Crippen LogP contribution in [0, 0.1) is 5.92 Å². The maximum atomic E-state index is 6.14. The van der Waals surface area contributed by atoms with Gasteiger partial charge in [-0.1, -0.05) is 33.6 Å². The minimum atomic E-state index is 0.448. The lowest BCUT2D eigenvalue weighted by Gasteiger charge is -2.31. The predicted octanol–water partition coefficient (Wildman–Crippen LogP) is 2.81. The Kier molecular flexibility index (Phi) is 5.14. The summed E-state index contributed by atoms with van der Waals surface area (Å²) in [6.07, 6.45) is 5.76. The van der Waals surface area contributed by atoms with Crippen molar-refractivity contribution in [3.63, 3.8) is 0 Å². The molecule has 5 nitrogen and oxygen atoms in total. The number of fused-ring (bicyclic) bond motifs is 1. The molecule has 1 saturated carbocycles. The van der Waals surface area contributed by atoms with Gasteiger partial charge < -0.3 is 9.30 Å². The lowest BCUT2D eigenvalue weighted by Crippen LogP contribution is -2.37. The zero-order valence-electron chi connectivity index (χ0n) is 14.3. The predicted molar refractivity (Wildman–Crippen MR) is 86.8 cm³/mol. The third-order valence-corrected chi connectivity index (χ3v) is 5.15. The third kappa shape index (κ3) is 3.51. The highest BCUT2D eigenvalue weighted by molar-refractivity contribution is 5.02. The van der Waals surface area contributed by atoms with Crippen molar-refractivity contribution in [1.82, 2.24) is 19.7 Å². The Morgan fingerprint density at radius 1 is 1.18 bits per heavy atom. The van der Waals surface area contributed by atoms with Crippen molar-refractivity contribution < 1.29 is 4.74 Å². The lowest BCUT2D eigenvalue weighted by molar-refractivity contribution is -0.0162. The highest BCUT2D eigenvalue weighted by Gasteiger charge is 2.24. The van der Waals surface area contributed by atoms with Crippen LogP contribution < -0.4 is 0 Å². The Morgan fingerprint density at radius 2 is 2.00 bits per heavy atom. The van der Waals surface area contributed by atoms with Crippen LogP contribution in [0.2, 0.25) is 0 Å². The number of rotatable bonds is 5. The fraction of sp³-hybridized carbons (Fsp3) is 0.882. The van der Waals surface area contributed by atoms with Crippen molar-refractivity contribution in [2.45, 2.75) is 71.6 Å². The molecule has 0 aromatic carbocycles. The monoisotopic (exact) mass is 306 g/mol. The number of nitrogens with zero attached hydrogens (tertiary/aromatic N) is 4. The second-order valence-corrected chi connectivity index (χ2v) is 7.23. The summed E-state index contributed by atoms with van der Waals surface area (Å²) < 4.78 is 8.44. The van der Waals surface area contributed by atoms with E-state index in [1.807, 2.05) is 0 Å². The van der Waals surface area contributed by atoms with Gasteiger partial charge in [-0.25, -0.2) is 0 Å². The summed E-state index contributed by atoms with van der Waals surface area (Å²) >= 11 is 0. The molecule has 0 bridgehead atoms. The molecular formula is C17H30N4O. The average Bonchev–Trinajstić information content (AvgIpc) is 2.92. The quantitative estimate of drug-likeness (QED) is 0.839. The highest BCUT2D eigenvalue weighted by atomic mass is 16.5. The van der Waals surface area contributed by atoms with Crippen molar-refractivity contribution in [3.8, 4) is 0 Å². The molecule has 0 amide bonds. The standard InChI is InChI=1S/C17H30N4O/c1-13(2)17-19-18-16-12-20(8-9-21(16)17)10-11-22-15-7-5-4-6-14(15)3/h13-15H,4-12H2,1-3H3. The van der Waals surface area contributed by atoms with E-state index in [4.69, 9.17) is 4.74 Å². The summed E-state index contributed by atoms with van der Waals surface area (Å²) in [4.78, 5) is 2.45. The molecule has 1 aliphatic heterocycles. The number of hydrogen-bond donors (Lipinski definition) is 0. The Bertz CT molecular complexity index is 485. The van der Waals surface area contributed by atoms with Gasteiger partial charge in [-0.2, -0.15) is 0 Å². The van der Waals surface area contributed by atoms with E-state index in [-0.39, 0.29) is 0 Å². The number of hydrogen-bond acceptors (Lipinski definition) is 4. The summed E-state index contributed by atoms with van der Waals surface area (Å²) in [5, 5.41) is 8.72. The Morgan fingerprint density at radius 3 is 2.77 bits per heavy atom. The summed E-state index contributed by atoms with van der Waals surface area (Å²) in [6, 6.07) is 0. The fourth-order valence-electron chi connectivity index (χ4n) is 3.71. The number of aromatic nitrogens is 3. The zero-order valence-corrected chi connectivity index (χ0v) is 14.3. The van der Waals surface area contributed by atoms with E-state index in [2.05, 4.69) is 40.4 Å². The van der Waals surface area contributed by atoms with Gasteiger partial charge in [0.15, 0.2) is 0 Å². The SMILES string of the molecule is CC(C)c1nnc2n1CCN(CCOC1CCCCC1C)C2. The summed E-state index contributed by atoms with van der Waals surface area (Å²) in [7, 11) is 0. The van der Waals surface area contributed by atoms with Gasteiger partial charge in [-0.05, 0) is 18.8 Å². The van der Waals surface area contributed by atoms with Crippen molar-refractivity contribution in [2.24, 2.45) is 5.92 Å². The molecule has 3 rings (SSSR count). The second kappa shape index (κ2) is 7.09. The molecule has 2 unspecified atom stereocenters. The van der Waals surface area contributed by atoms with Gasteiger partial charge in [0, 0.05) is 25.6 Å². The van der Waals surface area contributed by atoms with Gasteiger partial charge in [0.25, 0.3) is 0 Å². The molecular weight excluding hydrogens is 276 g/mol. The minimum absolute atomic E-state index is 0.448. The molecule has 0 radical (unpaired) electrons. The smallest absolute Gasteiger partial charge is 0.147 e. The van der Waals surface area contributed by atoms with E-state index < -0.39 is 0 Å². The molecule has 1 fully saturated rings. The Hall–Kier alpha value is -0.940. The van der Waals surface area contributed by atoms with E-state index >= 15 is 0 Å². The van der Waals surface area contributed by atoms with Crippen molar-refractivity contribution >= 4 is 0 Å². The molecule has 0 saturated heterocycles. The van der Waals surface area contributed by atoms with Crippen LogP contribution in [0.5, 0.6) is 0 Å². The maximum absolute atomic E-state index is 6.14. The molecule has 22 heavy (non-hydrogen) atoms. The number of ether oxygens (including phenoxy) is 1. The van der Waals surface area contributed by atoms with Crippen LogP contribution in [0.25, 0.3) is 0 Å². The molecule has 1 aromatic heterocycles. The molecule has 124 valence electrons. The van der Waals surface area contributed by atoms with Gasteiger partial charge in [0.05, 0.1) is 19.3 Å². The molecule has 0 N–H and O–H groups in total. The van der Waals surface area contributed by atoms with Crippen LogP contribution in [-0.2, 0) is 17.8 Å². The van der Waals surface area contributed by atoms with Crippen LogP contribution in [0.3, 0.4) is 0 Å². The van der Waals surface area contributed by atoms with Crippen molar-refractivity contribution in [2.75, 3.05) is 19.7 Å². The van der Waals surface area contributed by atoms with Gasteiger partial charge in [0.2, 0.25) is 0 Å². The Labute approximate surface area is 134 Å². The van der Waals surface area contributed by atoms with Gasteiger partial charge in [-0.3, -0.25) is 4.90 Å². The molecule has 1 aromatic rings. The Balaban J connectivity index is 1.46. The van der Waals surface area contributed by atoms with E-state index in [1.54, 1.807) is 0 Å². The zero-order chi connectivity index (χ0) is 15.5. The van der Waals surface area contributed by atoms with Crippen molar-refractivity contribution in [3.05, 3.63) is 11.6 Å². The van der Waals surface area contributed by atoms with Gasteiger partial charge in [-0.15, -0.1) is 10.2 Å². The molecule has 2 aliphatic rings. The maximum Gasteiger partial charge on any atom is 0.147 e. The van der Waals surface area contributed by atoms with Crippen molar-refractivity contribution in [1.29, 1.82) is 0 Å². The normalized spacial score (nSPS) is 26.4. The first-order valence-electron chi connectivity index (χ1n) is 8.91. The van der Waals surface area contributed by atoms with E-state index in [1.165, 1.54) is 25.7 Å². The van der Waals surface area contributed by atoms with Crippen LogP contribution in [0.1, 0.15) is 64.0 Å². The highest BCUT2D eigenvalue weighted by Crippen LogP contribution is 2.26. The fourth-order valence-corrected chi connectivity index (χ4v) is 3.71. The van der Waals surface area contributed by atoms with Gasteiger partial charge in [0.1, 0.15) is 11.6 Å². The second-order valence-electron chi connectivity index (χ2n) is 7.23. The van der Waals surface area contributed by atoms with E-state index in [9.17, 15) is 0 Å². The first kappa shape index (κ1) is 15.9. The molecule has 5 heteroatoms. The minimum Gasteiger partial charge on any atom is -0.377 e. The van der Waals surface area contributed by atoms with Crippen LogP contribution in [0.15, 0.2) is 0 Å².